The van der Waals surface area contributed by atoms with Crippen LogP contribution in [0.5, 0.6) is 0 Å². The Labute approximate surface area is 92.9 Å². The highest BCUT2D eigenvalue weighted by Gasteiger charge is 2.16. The summed E-state index contributed by atoms with van der Waals surface area (Å²) in [5.41, 5.74) is 0.718. The highest BCUT2D eigenvalue weighted by molar-refractivity contribution is 5.36. The fourth-order valence-corrected chi connectivity index (χ4v) is 1.25. The van der Waals surface area contributed by atoms with Crippen molar-refractivity contribution in [2.75, 3.05) is 6.54 Å². The quantitative estimate of drug-likeness (QED) is 0.474. The van der Waals surface area contributed by atoms with Crippen molar-refractivity contribution < 1.29 is 9.31 Å². The van der Waals surface area contributed by atoms with Gasteiger partial charge in [-0.3, -0.25) is 10.1 Å². The summed E-state index contributed by atoms with van der Waals surface area (Å²) in [4.78, 5) is 9.76. The van der Waals surface area contributed by atoms with Crippen LogP contribution in [0.15, 0.2) is 30.4 Å². The van der Waals surface area contributed by atoms with E-state index in [2.05, 4.69) is 11.9 Å². The van der Waals surface area contributed by atoms with Crippen molar-refractivity contribution >= 4 is 5.69 Å². The molecule has 0 bridgehead atoms. The standard InChI is InChI=1S/C11H13FN2O2/c1-8(2)6-13-7-9-4-3-5-10(11(9)12)14(15)16/h3-5,13H,1,6-7H2,2H3. The monoisotopic (exact) mass is 224 g/mol. The highest BCUT2D eigenvalue weighted by Crippen LogP contribution is 2.19. The van der Waals surface area contributed by atoms with Crippen LogP contribution in [0.3, 0.4) is 0 Å². The number of rotatable bonds is 5. The Morgan fingerprint density at radius 3 is 2.88 bits per heavy atom. The van der Waals surface area contributed by atoms with Crippen LogP contribution in [0.25, 0.3) is 0 Å². The maximum Gasteiger partial charge on any atom is 0.305 e. The lowest BCUT2D eigenvalue weighted by atomic mass is 10.2. The largest absolute Gasteiger partial charge is 0.309 e. The Hall–Kier alpha value is -1.75. The lowest BCUT2D eigenvalue weighted by Crippen LogP contribution is -2.16. The van der Waals surface area contributed by atoms with Gasteiger partial charge in [-0.05, 0) is 6.92 Å². The molecule has 5 heteroatoms. The zero-order chi connectivity index (χ0) is 12.1. The molecule has 0 radical (unpaired) electrons. The van der Waals surface area contributed by atoms with E-state index < -0.39 is 16.4 Å². The van der Waals surface area contributed by atoms with Crippen LogP contribution in [-0.4, -0.2) is 11.5 Å². The van der Waals surface area contributed by atoms with Gasteiger partial charge in [-0.1, -0.05) is 24.3 Å². The molecule has 4 nitrogen and oxygen atoms in total. The smallest absolute Gasteiger partial charge is 0.305 e. The number of nitro groups is 1. The summed E-state index contributed by atoms with van der Waals surface area (Å²) in [5, 5.41) is 13.4. The van der Waals surface area contributed by atoms with Crippen LogP contribution < -0.4 is 5.32 Å². The zero-order valence-electron chi connectivity index (χ0n) is 9.00. The molecule has 0 spiro atoms. The van der Waals surface area contributed by atoms with Gasteiger partial charge in [-0.25, -0.2) is 0 Å². The summed E-state index contributed by atoms with van der Waals surface area (Å²) in [6, 6.07) is 4.14. The predicted octanol–water partition coefficient (Wildman–Crippen LogP) is 2.40. The van der Waals surface area contributed by atoms with Gasteiger partial charge in [0.1, 0.15) is 0 Å². The van der Waals surface area contributed by atoms with E-state index in [1.165, 1.54) is 12.1 Å². The normalized spacial score (nSPS) is 10.1. The first-order chi connectivity index (χ1) is 7.52. The summed E-state index contributed by atoms with van der Waals surface area (Å²) in [6.45, 7) is 6.34. The summed E-state index contributed by atoms with van der Waals surface area (Å²) in [7, 11) is 0. The Balaban J connectivity index is 2.77. The molecule has 1 aromatic carbocycles. The highest BCUT2D eigenvalue weighted by atomic mass is 19.1. The summed E-state index contributed by atoms with van der Waals surface area (Å²) in [6.07, 6.45) is 0. The van der Waals surface area contributed by atoms with Crippen molar-refractivity contribution in [1.29, 1.82) is 0 Å². The third kappa shape index (κ3) is 3.13. The van der Waals surface area contributed by atoms with Gasteiger partial charge in [0, 0.05) is 24.7 Å². The minimum absolute atomic E-state index is 0.250. The first-order valence-electron chi connectivity index (χ1n) is 4.79. The van der Waals surface area contributed by atoms with Crippen LogP contribution in [0, 0.1) is 15.9 Å². The van der Waals surface area contributed by atoms with Gasteiger partial charge in [0.25, 0.3) is 0 Å². The second-order valence-corrected chi connectivity index (χ2v) is 3.57. The first kappa shape index (κ1) is 12.3. The SMILES string of the molecule is C=C(C)CNCc1cccc([N+](=O)[O-])c1F. The van der Waals surface area contributed by atoms with Gasteiger partial charge in [0.2, 0.25) is 5.82 Å². The predicted molar refractivity (Wildman–Crippen MR) is 59.6 cm³/mol. The van der Waals surface area contributed by atoms with Crippen LogP contribution in [0.4, 0.5) is 10.1 Å². The van der Waals surface area contributed by atoms with E-state index in [9.17, 15) is 14.5 Å². The topological polar surface area (TPSA) is 55.2 Å². The third-order valence-electron chi connectivity index (χ3n) is 2.00. The van der Waals surface area contributed by atoms with Gasteiger partial charge in [-0.15, -0.1) is 0 Å². The molecule has 1 aromatic rings. The Kier molecular flexibility index (Phi) is 4.13. The number of nitro benzene ring substituents is 1. The molecule has 1 rings (SSSR count). The maximum atomic E-state index is 13.5. The molecule has 0 aliphatic heterocycles. The maximum absolute atomic E-state index is 13.5. The van der Waals surface area contributed by atoms with Crippen LogP contribution in [0.1, 0.15) is 12.5 Å². The number of nitrogens with one attached hydrogen (secondary N) is 1. The van der Waals surface area contributed by atoms with Crippen molar-refractivity contribution in [3.8, 4) is 0 Å². The van der Waals surface area contributed by atoms with E-state index in [4.69, 9.17) is 0 Å². The van der Waals surface area contributed by atoms with E-state index in [0.717, 1.165) is 11.6 Å². The number of benzene rings is 1. The number of hydrogen-bond acceptors (Lipinski definition) is 3. The Bertz CT molecular complexity index is 418. The molecule has 86 valence electrons. The van der Waals surface area contributed by atoms with E-state index in [-0.39, 0.29) is 12.1 Å². The Morgan fingerprint density at radius 2 is 2.31 bits per heavy atom. The average Bonchev–Trinajstić information content (AvgIpc) is 2.19. The molecule has 0 saturated carbocycles. The van der Waals surface area contributed by atoms with Crippen molar-refractivity contribution in [2.45, 2.75) is 13.5 Å². The van der Waals surface area contributed by atoms with Crippen LogP contribution in [0.2, 0.25) is 0 Å². The van der Waals surface area contributed by atoms with E-state index in [1.807, 2.05) is 6.92 Å². The molecule has 1 N–H and O–H groups in total. The summed E-state index contributed by atoms with van der Waals surface area (Å²) < 4.78 is 13.5. The van der Waals surface area contributed by atoms with Gasteiger partial charge >= 0.3 is 5.69 Å². The first-order valence-corrected chi connectivity index (χ1v) is 4.79. The summed E-state index contributed by atoms with van der Waals surface area (Å²) >= 11 is 0. The Morgan fingerprint density at radius 1 is 1.62 bits per heavy atom. The van der Waals surface area contributed by atoms with E-state index in [0.29, 0.717) is 6.54 Å². The molecule has 0 aliphatic carbocycles. The minimum Gasteiger partial charge on any atom is -0.309 e. The van der Waals surface area contributed by atoms with Gasteiger partial charge in [-0.2, -0.15) is 4.39 Å². The zero-order valence-corrected chi connectivity index (χ0v) is 9.00. The van der Waals surface area contributed by atoms with Crippen LogP contribution in [-0.2, 0) is 6.54 Å². The molecule has 0 saturated heterocycles. The molecular weight excluding hydrogens is 211 g/mol. The lowest BCUT2D eigenvalue weighted by Gasteiger charge is -2.05. The van der Waals surface area contributed by atoms with Crippen molar-refractivity contribution in [1.82, 2.24) is 5.32 Å². The van der Waals surface area contributed by atoms with Crippen molar-refractivity contribution in [3.05, 3.63) is 51.8 Å². The average molecular weight is 224 g/mol. The molecular formula is C11H13FN2O2. The molecule has 0 unspecified atom stereocenters. The third-order valence-corrected chi connectivity index (χ3v) is 2.00. The molecule has 0 amide bonds. The van der Waals surface area contributed by atoms with Gasteiger partial charge in [0.05, 0.1) is 4.92 Å². The van der Waals surface area contributed by atoms with Crippen molar-refractivity contribution in [3.63, 3.8) is 0 Å². The van der Waals surface area contributed by atoms with Crippen molar-refractivity contribution in [2.24, 2.45) is 0 Å². The molecule has 0 atom stereocenters. The molecule has 0 fully saturated rings. The van der Waals surface area contributed by atoms with E-state index >= 15 is 0 Å². The van der Waals surface area contributed by atoms with E-state index in [1.54, 1.807) is 0 Å². The molecule has 0 heterocycles. The van der Waals surface area contributed by atoms with Gasteiger partial charge < -0.3 is 5.32 Å². The van der Waals surface area contributed by atoms with Crippen LogP contribution >= 0.6 is 0 Å². The van der Waals surface area contributed by atoms with Gasteiger partial charge in [0.15, 0.2) is 0 Å². The molecule has 16 heavy (non-hydrogen) atoms. The number of nitrogens with zero attached hydrogens (tertiary/aromatic N) is 1. The fraction of sp³-hybridized carbons (Fsp3) is 0.273. The molecule has 0 aromatic heterocycles. The second kappa shape index (κ2) is 5.37. The number of hydrogen-bond donors (Lipinski definition) is 1. The second-order valence-electron chi connectivity index (χ2n) is 3.57. The summed E-state index contributed by atoms with van der Waals surface area (Å²) in [5.74, 6) is -0.776. The minimum atomic E-state index is -0.776. The fourth-order valence-electron chi connectivity index (χ4n) is 1.25. The lowest BCUT2D eigenvalue weighted by molar-refractivity contribution is -0.387. The molecule has 0 aliphatic rings. The number of halogens is 1.